The molecule has 0 aliphatic carbocycles. The normalized spacial score (nSPS) is 14.8. The highest BCUT2D eigenvalue weighted by atomic mass is 28.3. The maximum atomic E-state index is 5.81. The minimum absolute atomic E-state index is 0.0642. The molecular weight excluding hydrogens is 250 g/mol. The van der Waals surface area contributed by atoms with Gasteiger partial charge in [0, 0.05) is 6.21 Å². The van der Waals surface area contributed by atoms with Crippen molar-refractivity contribution in [2.45, 2.75) is 58.5 Å². The molecule has 0 radical (unpaired) electrons. The van der Waals surface area contributed by atoms with Crippen molar-refractivity contribution in [3.05, 3.63) is 35.9 Å². The molecule has 106 valence electrons. The van der Waals surface area contributed by atoms with Crippen molar-refractivity contribution >= 4 is 14.5 Å². The first-order valence-corrected chi connectivity index (χ1v) is 9.88. The first kappa shape index (κ1) is 16.1. The SMILES string of the molecule is C[C@@H](/C=N/[Si](C)(C)C(C)(C)C)OCc1ccccc1. The second-order valence-electron chi connectivity index (χ2n) is 6.59. The highest BCUT2D eigenvalue weighted by Gasteiger charge is 2.34. The minimum Gasteiger partial charge on any atom is -0.368 e. The predicted molar refractivity (Wildman–Crippen MR) is 86.4 cm³/mol. The molecule has 0 saturated heterocycles. The molecule has 1 atom stereocenters. The topological polar surface area (TPSA) is 21.6 Å². The van der Waals surface area contributed by atoms with Crippen molar-refractivity contribution < 1.29 is 4.74 Å². The van der Waals surface area contributed by atoms with Crippen LogP contribution in [0.15, 0.2) is 35.0 Å². The Kier molecular flexibility index (Phi) is 5.50. The smallest absolute Gasteiger partial charge is 0.180 e. The molecule has 0 bridgehead atoms. The van der Waals surface area contributed by atoms with Crippen molar-refractivity contribution in [1.82, 2.24) is 0 Å². The van der Waals surface area contributed by atoms with Crippen molar-refractivity contribution in [1.29, 1.82) is 0 Å². The molecular formula is C16H27NOSi. The van der Waals surface area contributed by atoms with Crippen molar-refractivity contribution in [3.8, 4) is 0 Å². The Morgan fingerprint density at radius 1 is 1.21 bits per heavy atom. The van der Waals surface area contributed by atoms with Crippen LogP contribution in [0.4, 0.5) is 0 Å². The molecule has 0 N–H and O–H groups in total. The Morgan fingerprint density at radius 3 is 2.32 bits per heavy atom. The van der Waals surface area contributed by atoms with E-state index in [9.17, 15) is 0 Å². The van der Waals surface area contributed by atoms with Gasteiger partial charge in [0.25, 0.3) is 0 Å². The summed E-state index contributed by atoms with van der Waals surface area (Å²) in [7, 11) is -1.59. The number of nitrogens with zero attached hydrogens (tertiary/aromatic N) is 1. The Bertz CT molecular complexity index is 407. The van der Waals surface area contributed by atoms with Gasteiger partial charge in [0.1, 0.15) is 0 Å². The van der Waals surface area contributed by atoms with E-state index in [0.717, 1.165) is 0 Å². The molecule has 3 heteroatoms. The van der Waals surface area contributed by atoms with Gasteiger partial charge < -0.3 is 9.39 Å². The van der Waals surface area contributed by atoms with Gasteiger partial charge in [0.15, 0.2) is 8.24 Å². The summed E-state index contributed by atoms with van der Waals surface area (Å²) in [4.78, 5) is 0. The average Bonchev–Trinajstić information content (AvgIpc) is 2.34. The third-order valence-corrected chi connectivity index (χ3v) is 8.26. The fourth-order valence-electron chi connectivity index (χ4n) is 1.33. The standard InChI is InChI=1S/C16H27NOSi/c1-14(12-17-19(5,6)16(2,3)4)18-13-15-10-8-7-9-11-15/h7-12,14H,13H2,1-6H3/b17-12+/t14-/m0/s1. The highest BCUT2D eigenvalue weighted by Crippen LogP contribution is 2.36. The van der Waals surface area contributed by atoms with E-state index in [1.807, 2.05) is 24.4 Å². The van der Waals surface area contributed by atoms with Crippen LogP contribution < -0.4 is 0 Å². The lowest BCUT2D eigenvalue weighted by Crippen LogP contribution is -2.36. The molecule has 0 aromatic heterocycles. The molecule has 1 aromatic rings. The Morgan fingerprint density at radius 2 is 1.79 bits per heavy atom. The third kappa shape index (κ3) is 5.29. The number of ether oxygens (including phenoxy) is 1. The number of rotatable bonds is 5. The summed E-state index contributed by atoms with van der Waals surface area (Å²) in [6.45, 7) is 14.1. The summed E-state index contributed by atoms with van der Waals surface area (Å²) in [6.07, 6.45) is 2.05. The first-order chi connectivity index (χ1) is 8.72. The summed E-state index contributed by atoms with van der Waals surface area (Å²) in [5.74, 6) is 0. The third-order valence-electron chi connectivity index (χ3n) is 3.80. The molecule has 0 amide bonds. The average molecular weight is 277 g/mol. The van der Waals surface area contributed by atoms with Crippen LogP contribution in [0, 0.1) is 0 Å². The summed E-state index contributed by atoms with van der Waals surface area (Å²) < 4.78 is 10.6. The van der Waals surface area contributed by atoms with Gasteiger partial charge in [-0.15, -0.1) is 0 Å². The van der Waals surface area contributed by atoms with E-state index in [4.69, 9.17) is 9.39 Å². The summed E-state index contributed by atoms with van der Waals surface area (Å²) in [6, 6.07) is 10.3. The van der Waals surface area contributed by atoms with Crippen LogP contribution in [0.1, 0.15) is 33.3 Å². The van der Waals surface area contributed by atoms with Gasteiger partial charge in [0.05, 0.1) is 12.7 Å². The van der Waals surface area contributed by atoms with Crippen molar-refractivity contribution in [2.24, 2.45) is 4.66 Å². The zero-order valence-electron chi connectivity index (χ0n) is 13.1. The van der Waals surface area contributed by atoms with Gasteiger partial charge >= 0.3 is 0 Å². The van der Waals surface area contributed by atoms with Gasteiger partial charge in [-0.25, -0.2) is 0 Å². The van der Waals surface area contributed by atoms with Gasteiger partial charge in [-0.1, -0.05) is 51.1 Å². The van der Waals surface area contributed by atoms with Crippen LogP contribution in [0.3, 0.4) is 0 Å². The monoisotopic (exact) mass is 277 g/mol. The predicted octanol–water partition coefficient (Wildman–Crippen LogP) is 4.67. The van der Waals surface area contributed by atoms with Crippen LogP contribution in [-0.2, 0) is 11.3 Å². The van der Waals surface area contributed by atoms with Crippen LogP contribution in [0.2, 0.25) is 18.1 Å². The summed E-state index contributed by atoms with van der Waals surface area (Å²) in [5, 5.41) is 0.280. The molecule has 0 aliphatic heterocycles. The van der Waals surface area contributed by atoms with E-state index in [2.05, 4.69) is 52.9 Å². The number of benzene rings is 1. The fourth-order valence-corrected chi connectivity index (χ4v) is 2.30. The van der Waals surface area contributed by atoms with E-state index < -0.39 is 8.24 Å². The van der Waals surface area contributed by atoms with Crippen LogP contribution in [0.25, 0.3) is 0 Å². The largest absolute Gasteiger partial charge is 0.368 e. The molecule has 19 heavy (non-hydrogen) atoms. The maximum Gasteiger partial charge on any atom is 0.180 e. The van der Waals surface area contributed by atoms with Gasteiger partial charge in [-0.05, 0) is 30.6 Å². The molecule has 1 rings (SSSR count). The van der Waals surface area contributed by atoms with E-state index in [-0.39, 0.29) is 11.1 Å². The Hall–Kier alpha value is -0.933. The molecule has 0 unspecified atom stereocenters. The molecule has 0 aliphatic rings. The lowest BCUT2D eigenvalue weighted by molar-refractivity contribution is 0.0991. The van der Waals surface area contributed by atoms with Crippen LogP contribution in [-0.4, -0.2) is 20.6 Å². The lowest BCUT2D eigenvalue weighted by Gasteiger charge is -2.32. The molecule has 0 saturated carbocycles. The number of hydrogen-bond donors (Lipinski definition) is 0. The lowest BCUT2D eigenvalue weighted by atomic mass is 10.2. The summed E-state index contributed by atoms with van der Waals surface area (Å²) >= 11 is 0. The molecule has 2 nitrogen and oxygen atoms in total. The van der Waals surface area contributed by atoms with Gasteiger partial charge in [-0.2, -0.15) is 0 Å². The highest BCUT2D eigenvalue weighted by molar-refractivity contribution is 6.79. The maximum absolute atomic E-state index is 5.81. The summed E-state index contributed by atoms with van der Waals surface area (Å²) in [5.41, 5.74) is 1.20. The molecule has 0 heterocycles. The van der Waals surface area contributed by atoms with Gasteiger partial charge in [-0.3, -0.25) is 0 Å². The quantitative estimate of drug-likeness (QED) is 0.566. The number of hydrogen-bond acceptors (Lipinski definition) is 2. The van der Waals surface area contributed by atoms with Crippen molar-refractivity contribution in [3.63, 3.8) is 0 Å². The fraction of sp³-hybridized carbons (Fsp3) is 0.562. The second kappa shape index (κ2) is 6.48. The molecule has 1 aromatic carbocycles. The minimum atomic E-state index is -1.59. The van der Waals surface area contributed by atoms with Crippen LogP contribution in [0.5, 0.6) is 0 Å². The van der Waals surface area contributed by atoms with E-state index in [0.29, 0.717) is 6.61 Å². The van der Waals surface area contributed by atoms with Crippen molar-refractivity contribution in [2.75, 3.05) is 0 Å². The molecule has 0 fully saturated rings. The first-order valence-electron chi connectivity index (χ1n) is 6.93. The zero-order valence-corrected chi connectivity index (χ0v) is 14.1. The van der Waals surface area contributed by atoms with E-state index in [1.54, 1.807) is 0 Å². The van der Waals surface area contributed by atoms with Gasteiger partial charge in [0.2, 0.25) is 0 Å². The Labute approximate surface area is 119 Å². The second-order valence-corrected chi connectivity index (χ2v) is 11.5. The zero-order chi connectivity index (χ0) is 14.5. The van der Waals surface area contributed by atoms with E-state index in [1.165, 1.54) is 5.56 Å². The molecule has 0 spiro atoms. The van der Waals surface area contributed by atoms with Crippen LogP contribution >= 0.6 is 0 Å². The Balaban J connectivity index is 2.50. The van der Waals surface area contributed by atoms with E-state index >= 15 is 0 Å².